The van der Waals surface area contributed by atoms with Gasteiger partial charge in [0.25, 0.3) is 0 Å². The van der Waals surface area contributed by atoms with Gasteiger partial charge in [0.2, 0.25) is 0 Å². The van der Waals surface area contributed by atoms with Crippen LogP contribution in [0.3, 0.4) is 0 Å². The van der Waals surface area contributed by atoms with Gasteiger partial charge in [0.15, 0.2) is 0 Å². The van der Waals surface area contributed by atoms with Crippen LogP contribution in [0.2, 0.25) is 0 Å². The number of aromatic nitrogens is 1. The molecule has 0 saturated carbocycles. The Hall–Kier alpha value is -1.49. The van der Waals surface area contributed by atoms with E-state index in [4.69, 9.17) is 10.5 Å². The Kier molecular flexibility index (Phi) is 3.95. The van der Waals surface area contributed by atoms with Gasteiger partial charge in [-0.1, -0.05) is 0 Å². The standard InChI is InChI=1S/C11H19N3O2/c1-11(2,3)16-10(15)14-7-8-4-9(5-12)13-6-8/h4,6,13H,5,7,12H2,1-3H3,(H,14,15). The maximum absolute atomic E-state index is 11.3. The van der Waals surface area contributed by atoms with Crippen LogP contribution in [-0.2, 0) is 17.8 Å². The summed E-state index contributed by atoms with van der Waals surface area (Å²) in [6, 6.07) is 1.91. The van der Waals surface area contributed by atoms with Crippen molar-refractivity contribution in [2.45, 2.75) is 39.5 Å². The van der Waals surface area contributed by atoms with Crippen molar-refractivity contribution >= 4 is 6.09 Å². The summed E-state index contributed by atoms with van der Waals surface area (Å²) in [5, 5.41) is 2.67. The maximum atomic E-state index is 11.3. The van der Waals surface area contributed by atoms with Crippen molar-refractivity contribution < 1.29 is 9.53 Å². The van der Waals surface area contributed by atoms with Gasteiger partial charge >= 0.3 is 6.09 Å². The zero-order valence-electron chi connectivity index (χ0n) is 9.96. The molecule has 4 N–H and O–H groups in total. The van der Waals surface area contributed by atoms with Crippen LogP contribution in [0.4, 0.5) is 4.79 Å². The fourth-order valence-electron chi connectivity index (χ4n) is 1.20. The lowest BCUT2D eigenvalue weighted by molar-refractivity contribution is 0.0523. The van der Waals surface area contributed by atoms with Crippen LogP contribution < -0.4 is 11.1 Å². The molecule has 0 aliphatic carbocycles. The summed E-state index contributed by atoms with van der Waals surface area (Å²) in [5.41, 5.74) is 6.91. The number of H-pyrrole nitrogens is 1. The number of amides is 1. The van der Waals surface area contributed by atoms with E-state index in [1.807, 2.05) is 33.0 Å². The minimum Gasteiger partial charge on any atom is -0.444 e. The van der Waals surface area contributed by atoms with Crippen molar-refractivity contribution in [2.75, 3.05) is 0 Å². The third-order valence-corrected chi connectivity index (χ3v) is 1.86. The highest BCUT2D eigenvalue weighted by Gasteiger charge is 2.15. The lowest BCUT2D eigenvalue weighted by atomic mass is 10.2. The summed E-state index contributed by atoms with van der Waals surface area (Å²) >= 11 is 0. The molecule has 5 heteroatoms. The lowest BCUT2D eigenvalue weighted by Gasteiger charge is -2.19. The van der Waals surface area contributed by atoms with Crippen molar-refractivity contribution in [1.29, 1.82) is 0 Å². The van der Waals surface area contributed by atoms with E-state index in [1.165, 1.54) is 0 Å². The van der Waals surface area contributed by atoms with Crippen LogP contribution >= 0.6 is 0 Å². The van der Waals surface area contributed by atoms with E-state index in [1.54, 1.807) is 0 Å². The minimum absolute atomic E-state index is 0.414. The fourth-order valence-corrected chi connectivity index (χ4v) is 1.20. The fraction of sp³-hybridized carbons (Fsp3) is 0.545. The zero-order chi connectivity index (χ0) is 12.2. The summed E-state index contributed by atoms with van der Waals surface area (Å²) < 4.78 is 5.11. The van der Waals surface area contributed by atoms with Crippen LogP contribution in [0.1, 0.15) is 32.0 Å². The molecule has 1 aromatic rings. The first-order valence-corrected chi connectivity index (χ1v) is 5.24. The molecule has 0 fully saturated rings. The predicted octanol–water partition coefficient (Wildman–Crippen LogP) is 1.50. The van der Waals surface area contributed by atoms with Crippen molar-refractivity contribution in [2.24, 2.45) is 5.73 Å². The summed E-state index contributed by atoms with van der Waals surface area (Å²) in [7, 11) is 0. The van der Waals surface area contributed by atoms with Gasteiger partial charge in [0, 0.05) is 25.0 Å². The Labute approximate surface area is 95.4 Å². The van der Waals surface area contributed by atoms with Crippen LogP contribution in [-0.4, -0.2) is 16.7 Å². The van der Waals surface area contributed by atoms with Gasteiger partial charge in [-0.2, -0.15) is 0 Å². The molecule has 16 heavy (non-hydrogen) atoms. The second-order valence-electron chi connectivity index (χ2n) is 4.59. The summed E-state index contributed by atoms with van der Waals surface area (Å²) in [5.74, 6) is 0. The van der Waals surface area contributed by atoms with Crippen LogP contribution in [0.15, 0.2) is 12.3 Å². The van der Waals surface area contributed by atoms with E-state index in [0.717, 1.165) is 11.3 Å². The molecule has 5 nitrogen and oxygen atoms in total. The molecule has 1 aromatic heterocycles. The average Bonchev–Trinajstić information content (AvgIpc) is 2.59. The number of hydrogen-bond donors (Lipinski definition) is 3. The summed E-state index contributed by atoms with van der Waals surface area (Å²) in [4.78, 5) is 14.4. The minimum atomic E-state index is -0.468. The number of aromatic amines is 1. The predicted molar refractivity (Wildman–Crippen MR) is 61.8 cm³/mol. The third-order valence-electron chi connectivity index (χ3n) is 1.86. The van der Waals surface area contributed by atoms with Gasteiger partial charge in [-0.05, 0) is 32.4 Å². The van der Waals surface area contributed by atoms with Gasteiger partial charge in [0.1, 0.15) is 5.60 Å². The highest BCUT2D eigenvalue weighted by Crippen LogP contribution is 2.07. The number of alkyl carbamates (subject to hydrolysis) is 1. The average molecular weight is 225 g/mol. The number of carbonyl (C=O) groups is 1. The number of carbonyl (C=O) groups excluding carboxylic acids is 1. The van der Waals surface area contributed by atoms with Crippen molar-refractivity contribution in [3.63, 3.8) is 0 Å². The number of rotatable bonds is 3. The molecule has 1 amide bonds. The Morgan fingerprint density at radius 1 is 1.56 bits per heavy atom. The van der Waals surface area contributed by atoms with E-state index in [0.29, 0.717) is 13.1 Å². The molecule has 0 unspecified atom stereocenters. The number of ether oxygens (including phenoxy) is 1. The molecule has 0 aliphatic rings. The van der Waals surface area contributed by atoms with E-state index in [2.05, 4.69) is 10.3 Å². The van der Waals surface area contributed by atoms with Crippen molar-refractivity contribution in [1.82, 2.24) is 10.3 Å². The van der Waals surface area contributed by atoms with Crippen LogP contribution in [0, 0.1) is 0 Å². The normalized spacial score (nSPS) is 11.2. The molecule has 0 spiro atoms. The number of hydrogen-bond acceptors (Lipinski definition) is 3. The lowest BCUT2D eigenvalue weighted by Crippen LogP contribution is -2.32. The Morgan fingerprint density at radius 2 is 2.25 bits per heavy atom. The van der Waals surface area contributed by atoms with Crippen molar-refractivity contribution in [3.05, 3.63) is 23.5 Å². The number of nitrogens with two attached hydrogens (primary N) is 1. The molecule has 0 saturated heterocycles. The monoisotopic (exact) mass is 225 g/mol. The van der Waals surface area contributed by atoms with Crippen molar-refractivity contribution in [3.8, 4) is 0 Å². The van der Waals surface area contributed by atoms with E-state index in [-0.39, 0.29) is 0 Å². The highest BCUT2D eigenvalue weighted by atomic mass is 16.6. The van der Waals surface area contributed by atoms with E-state index in [9.17, 15) is 4.79 Å². The first-order valence-electron chi connectivity index (χ1n) is 5.24. The molecule has 0 atom stereocenters. The van der Waals surface area contributed by atoms with E-state index < -0.39 is 11.7 Å². The Morgan fingerprint density at radius 3 is 2.75 bits per heavy atom. The maximum Gasteiger partial charge on any atom is 0.407 e. The van der Waals surface area contributed by atoms with Gasteiger partial charge in [0.05, 0.1) is 0 Å². The molecular formula is C11H19N3O2. The van der Waals surface area contributed by atoms with Crippen LogP contribution in [0.5, 0.6) is 0 Å². The Bertz CT molecular complexity index is 352. The molecule has 1 heterocycles. The SMILES string of the molecule is CC(C)(C)OC(=O)NCc1c[nH]c(CN)c1. The first-order chi connectivity index (χ1) is 7.40. The first kappa shape index (κ1) is 12.6. The van der Waals surface area contributed by atoms with Gasteiger partial charge in [-0.15, -0.1) is 0 Å². The summed E-state index contributed by atoms with van der Waals surface area (Å²) in [6.07, 6.45) is 1.41. The molecular weight excluding hydrogens is 206 g/mol. The van der Waals surface area contributed by atoms with E-state index >= 15 is 0 Å². The molecule has 0 bridgehead atoms. The topological polar surface area (TPSA) is 80.1 Å². The summed E-state index contributed by atoms with van der Waals surface area (Å²) in [6.45, 7) is 6.39. The number of nitrogens with one attached hydrogen (secondary N) is 2. The molecule has 1 rings (SSSR count). The quantitative estimate of drug-likeness (QED) is 0.729. The smallest absolute Gasteiger partial charge is 0.407 e. The molecule has 0 radical (unpaired) electrons. The second kappa shape index (κ2) is 5.03. The van der Waals surface area contributed by atoms with Crippen LogP contribution in [0.25, 0.3) is 0 Å². The largest absolute Gasteiger partial charge is 0.444 e. The molecule has 90 valence electrons. The molecule has 0 aliphatic heterocycles. The van der Waals surface area contributed by atoms with Gasteiger partial charge in [-0.3, -0.25) is 0 Å². The third kappa shape index (κ3) is 4.35. The van der Waals surface area contributed by atoms with Gasteiger partial charge in [-0.25, -0.2) is 4.79 Å². The highest BCUT2D eigenvalue weighted by molar-refractivity contribution is 5.67. The molecule has 0 aromatic carbocycles. The van der Waals surface area contributed by atoms with Gasteiger partial charge < -0.3 is 20.8 Å². The zero-order valence-corrected chi connectivity index (χ0v) is 9.96. The Balaban J connectivity index is 2.37. The second-order valence-corrected chi connectivity index (χ2v) is 4.59.